The number of thioether (sulfide) groups is 8. The molecule has 0 aliphatic heterocycles. The third-order valence-corrected chi connectivity index (χ3v) is 47.7. The van der Waals surface area contributed by atoms with E-state index in [0.717, 1.165) is 0 Å². The molecule has 8 aromatic carbocycles. The van der Waals surface area contributed by atoms with E-state index >= 15 is 0 Å². The van der Waals surface area contributed by atoms with Gasteiger partial charge in [-0.05, 0) is 0 Å². The van der Waals surface area contributed by atoms with Crippen molar-refractivity contribution in [2.45, 2.75) is 52.8 Å². The fraction of sp³-hybridized carbons (Fsp3) is 0.0769. The molecule has 0 saturated heterocycles. The van der Waals surface area contributed by atoms with E-state index in [1.54, 1.807) is 0 Å². The van der Waals surface area contributed by atoms with E-state index in [-0.39, 0.29) is 13.7 Å². The summed E-state index contributed by atoms with van der Waals surface area (Å²) in [6.45, 7) is 0. The number of hydrogen-bond donors (Lipinski definition) is 0. The summed E-state index contributed by atoms with van der Waals surface area (Å²) in [7, 11) is 0. The van der Waals surface area contributed by atoms with Crippen molar-refractivity contribution < 1.29 is 0 Å². The molecule has 8 rings (SSSR count). The van der Waals surface area contributed by atoms with E-state index in [0.29, 0.717) is 0 Å². The Kier molecular flexibility index (Phi) is 17.4. The van der Waals surface area contributed by atoms with Crippen LogP contribution in [0.4, 0.5) is 0 Å². The summed E-state index contributed by atoms with van der Waals surface area (Å²) in [5, 5.41) is 0. The van der Waals surface area contributed by atoms with Crippen molar-refractivity contribution in [3.05, 3.63) is 243 Å². The van der Waals surface area contributed by atoms with Crippen molar-refractivity contribution in [1.29, 1.82) is 0 Å². The SMILES string of the molecule is c1ccc(S[CH](Sc2ccccc2)[Ge]([CH](Sc2ccccc2)Sc2ccccc2)([CH](Sc2ccccc2)Sc2ccccc2)[CH](Sc2ccccc2)Sc2ccccc2)cc1. The second-order valence-corrected chi connectivity index (χ2v) is 40.5. The second kappa shape index (κ2) is 23.7. The van der Waals surface area contributed by atoms with Crippen LogP contribution in [-0.4, -0.2) is 26.9 Å². The van der Waals surface area contributed by atoms with Crippen molar-refractivity contribution in [3.8, 4) is 0 Å². The Hall–Kier alpha value is -2.90. The van der Waals surface area contributed by atoms with Crippen LogP contribution in [0.1, 0.15) is 0 Å². The van der Waals surface area contributed by atoms with Gasteiger partial charge in [-0.25, -0.2) is 0 Å². The van der Waals surface area contributed by atoms with Gasteiger partial charge in [0.15, 0.2) is 0 Å². The normalized spacial score (nSPS) is 11.7. The van der Waals surface area contributed by atoms with Gasteiger partial charge in [0, 0.05) is 0 Å². The van der Waals surface area contributed by atoms with E-state index < -0.39 is 13.3 Å². The van der Waals surface area contributed by atoms with Crippen LogP contribution in [0.2, 0.25) is 0 Å². The van der Waals surface area contributed by atoms with Gasteiger partial charge in [0.2, 0.25) is 0 Å². The Morgan fingerprint density at radius 1 is 0.180 bits per heavy atom. The van der Waals surface area contributed by atoms with Gasteiger partial charge >= 0.3 is 403 Å². The first-order valence-electron chi connectivity index (χ1n) is 20.0. The molecule has 0 heterocycles. The molecule has 0 N–H and O–H groups in total. The Morgan fingerprint density at radius 3 is 0.410 bits per heavy atom. The van der Waals surface area contributed by atoms with Crippen LogP contribution < -0.4 is 0 Å². The maximum absolute atomic E-state index is 3.97. The van der Waals surface area contributed by atoms with Crippen molar-refractivity contribution >= 4 is 107 Å². The molecule has 0 amide bonds. The summed E-state index contributed by atoms with van der Waals surface area (Å²) in [5.74, 6) is 0. The standard InChI is InChI=1S/C52H44GeS8/c1-9-25-41(26-10-1)54-49(55-42-27-11-2-12-28-42)53(50(56-43-29-13-3-14-30-43)57-44-31-15-4-16-32-44,51(58-45-33-17-5-18-34-45)59-46-35-19-6-20-36-46)52(60-47-37-21-7-22-38-47)61-48-39-23-8-24-40-48/h1-40,49-52H. The zero-order valence-corrected chi connectivity index (χ0v) is 41.8. The van der Waals surface area contributed by atoms with Crippen molar-refractivity contribution in [2.75, 3.05) is 0 Å². The van der Waals surface area contributed by atoms with Crippen LogP contribution in [0.25, 0.3) is 0 Å². The molecule has 0 aromatic heterocycles. The second-order valence-electron chi connectivity index (χ2n) is 13.8. The minimum absolute atomic E-state index is 0.192. The molecule has 9 heteroatoms. The summed E-state index contributed by atoms with van der Waals surface area (Å²) in [5.41, 5.74) is 0. The quantitative estimate of drug-likeness (QED) is 0.0415. The van der Waals surface area contributed by atoms with E-state index in [1.807, 2.05) is 0 Å². The van der Waals surface area contributed by atoms with Gasteiger partial charge in [-0.3, -0.25) is 0 Å². The number of benzene rings is 8. The van der Waals surface area contributed by atoms with E-state index in [4.69, 9.17) is 0 Å². The van der Waals surface area contributed by atoms with Crippen molar-refractivity contribution in [3.63, 3.8) is 0 Å². The first kappa shape index (κ1) is 44.7. The number of rotatable bonds is 20. The van der Waals surface area contributed by atoms with Gasteiger partial charge < -0.3 is 0 Å². The summed E-state index contributed by atoms with van der Waals surface area (Å²) in [4.78, 5) is 10.4. The molecular formula is C52H44GeS8. The molecule has 0 spiro atoms. The predicted molar refractivity (Wildman–Crippen MR) is 279 cm³/mol. The Balaban J connectivity index is 1.48. The summed E-state index contributed by atoms with van der Waals surface area (Å²) >= 11 is 12.9. The van der Waals surface area contributed by atoms with Crippen molar-refractivity contribution in [2.24, 2.45) is 0 Å². The maximum atomic E-state index is 2.33. The molecule has 8 aromatic rings. The molecule has 0 saturated carbocycles. The fourth-order valence-corrected chi connectivity index (χ4v) is 63.8. The van der Waals surface area contributed by atoms with E-state index in [2.05, 4.69) is 337 Å². The Bertz CT molecular complexity index is 1920. The molecule has 0 radical (unpaired) electrons. The van der Waals surface area contributed by atoms with E-state index in [9.17, 15) is 0 Å². The Labute approximate surface area is 398 Å². The van der Waals surface area contributed by atoms with Crippen molar-refractivity contribution in [1.82, 2.24) is 0 Å². The summed E-state index contributed by atoms with van der Waals surface area (Å²) in [6.07, 6.45) is 0. The molecule has 0 atom stereocenters. The molecule has 0 nitrogen and oxygen atoms in total. The van der Waals surface area contributed by atoms with Crippen LogP contribution in [-0.2, 0) is 0 Å². The third-order valence-electron chi connectivity index (χ3n) is 9.52. The van der Waals surface area contributed by atoms with Crippen LogP contribution in [0.5, 0.6) is 0 Å². The molecule has 0 aliphatic rings. The average Bonchev–Trinajstić information content (AvgIpc) is 3.32. The van der Waals surface area contributed by atoms with Gasteiger partial charge in [0.1, 0.15) is 0 Å². The Morgan fingerprint density at radius 2 is 0.295 bits per heavy atom. The molecule has 0 bridgehead atoms. The predicted octanol–water partition coefficient (Wildman–Crippen LogP) is 17.2. The number of hydrogen-bond acceptors (Lipinski definition) is 8. The molecule has 0 fully saturated rings. The van der Waals surface area contributed by atoms with Gasteiger partial charge in [0.25, 0.3) is 0 Å². The van der Waals surface area contributed by atoms with Gasteiger partial charge in [-0.2, -0.15) is 0 Å². The molecule has 304 valence electrons. The first-order chi connectivity index (χ1) is 30.2. The first-order valence-corrected chi connectivity index (χ1v) is 31.8. The molecule has 0 unspecified atom stereocenters. The van der Waals surface area contributed by atoms with Gasteiger partial charge in [-0.1, -0.05) is 0 Å². The zero-order valence-electron chi connectivity index (χ0n) is 33.2. The molecular weight excluding hydrogens is 954 g/mol. The summed E-state index contributed by atoms with van der Waals surface area (Å²) in [6, 6.07) is 89.8. The van der Waals surface area contributed by atoms with Crippen LogP contribution in [0.15, 0.2) is 282 Å². The minimum atomic E-state index is -3.97. The van der Waals surface area contributed by atoms with E-state index in [1.165, 1.54) is 39.2 Å². The fourth-order valence-electron chi connectivity index (χ4n) is 6.56. The van der Waals surface area contributed by atoms with Crippen LogP contribution in [0, 0.1) is 0 Å². The van der Waals surface area contributed by atoms with Gasteiger partial charge in [0.05, 0.1) is 0 Å². The third kappa shape index (κ3) is 12.6. The van der Waals surface area contributed by atoms with Crippen LogP contribution in [0.3, 0.4) is 0 Å². The van der Waals surface area contributed by atoms with Gasteiger partial charge in [-0.15, -0.1) is 0 Å². The van der Waals surface area contributed by atoms with Crippen LogP contribution >= 0.6 is 94.1 Å². The average molecular weight is 998 g/mol. The summed E-state index contributed by atoms with van der Waals surface area (Å²) < 4.78 is 0.767. The zero-order chi connectivity index (χ0) is 41.4. The molecule has 61 heavy (non-hydrogen) atoms. The molecule has 0 aliphatic carbocycles. The monoisotopic (exact) mass is 998 g/mol. The topological polar surface area (TPSA) is 0 Å².